The molecule has 0 spiro atoms. The summed E-state index contributed by atoms with van der Waals surface area (Å²) < 4.78 is 0. The van der Waals surface area contributed by atoms with E-state index in [0.717, 1.165) is 5.56 Å². The quantitative estimate of drug-likeness (QED) is 0.489. The minimum atomic E-state index is -0.832. The summed E-state index contributed by atoms with van der Waals surface area (Å²) in [7, 11) is 0. The fourth-order valence-corrected chi connectivity index (χ4v) is 3.29. The maximum atomic E-state index is 12.4. The van der Waals surface area contributed by atoms with Crippen molar-refractivity contribution >= 4 is 41.2 Å². The number of carbonyl (C=O) groups excluding carboxylic acids is 2. The van der Waals surface area contributed by atoms with Gasteiger partial charge in [-0.05, 0) is 17.7 Å². The molecule has 3 rings (SSSR count). The molecule has 1 aliphatic rings. The number of hydrogen-bond donors (Lipinski definition) is 2. The van der Waals surface area contributed by atoms with Crippen LogP contribution in [0.3, 0.4) is 0 Å². The average molecular weight is 376 g/mol. The van der Waals surface area contributed by atoms with Gasteiger partial charge in [0.2, 0.25) is 5.91 Å². The molecule has 7 heteroatoms. The summed E-state index contributed by atoms with van der Waals surface area (Å²) >= 11 is 12.1. The largest absolute Gasteiger partial charge is 0.355 e. The van der Waals surface area contributed by atoms with Crippen molar-refractivity contribution in [2.45, 2.75) is 5.92 Å². The summed E-state index contributed by atoms with van der Waals surface area (Å²) in [4.78, 5) is 24.5. The minimum Gasteiger partial charge on any atom is -0.355 e. The van der Waals surface area contributed by atoms with E-state index >= 15 is 0 Å². The van der Waals surface area contributed by atoms with Gasteiger partial charge in [-0.2, -0.15) is 5.10 Å². The molecule has 2 atom stereocenters. The number of halogens is 2. The van der Waals surface area contributed by atoms with E-state index in [9.17, 15) is 9.59 Å². The van der Waals surface area contributed by atoms with Crippen molar-refractivity contribution in [1.29, 1.82) is 0 Å². The lowest BCUT2D eigenvalue weighted by molar-refractivity contribution is -0.133. The highest BCUT2D eigenvalue weighted by atomic mass is 35.5. The number of benzene rings is 2. The first-order valence-electron chi connectivity index (χ1n) is 7.67. The van der Waals surface area contributed by atoms with Gasteiger partial charge in [0, 0.05) is 18.0 Å². The molecule has 2 aromatic carbocycles. The molecule has 2 aromatic rings. The summed E-state index contributed by atoms with van der Waals surface area (Å²) in [5.74, 6) is -1.84. The Bertz CT molecular complexity index is 804. The lowest BCUT2D eigenvalue weighted by Gasteiger charge is -2.15. The molecule has 1 heterocycles. The normalized spacial score (nSPS) is 19.8. The van der Waals surface area contributed by atoms with Crippen molar-refractivity contribution in [2.24, 2.45) is 11.0 Å². The molecule has 0 aliphatic carbocycles. The molecule has 128 valence electrons. The van der Waals surface area contributed by atoms with E-state index in [-0.39, 0.29) is 11.8 Å². The maximum Gasteiger partial charge on any atom is 0.253 e. The summed E-state index contributed by atoms with van der Waals surface area (Å²) in [6.07, 6.45) is 1.37. The minimum absolute atomic E-state index is 0.229. The third-order valence-electron chi connectivity index (χ3n) is 4.06. The van der Waals surface area contributed by atoms with Gasteiger partial charge in [0.1, 0.15) is 5.92 Å². The van der Waals surface area contributed by atoms with Crippen LogP contribution in [-0.4, -0.2) is 24.6 Å². The van der Waals surface area contributed by atoms with Crippen molar-refractivity contribution in [2.75, 3.05) is 6.54 Å². The Kier molecular flexibility index (Phi) is 5.36. The van der Waals surface area contributed by atoms with Crippen LogP contribution in [-0.2, 0) is 9.59 Å². The van der Waals surface area contributed by atoms with E-state index in [2.05, 4.69) is 15.8 Å². The second-order valence-corrected chi connectivity index (χ2v) is 6.42. The smallest absolute Gasteiger partial charge is 0.253 e. The fraction of sp³-hybridized carbons (Fsp3) is 0.167. The predicted octanol–water partition coefficient (Wildman–Crippen LogP) is 2.97. The zero-order valence-corrected chi connectivity index (χ0v) is 14.6. The Balaban J connectivity index is 1.73. The van der Waals surface area contributed by atoms with Gasteiger partial charge in [-0.3, -0.25) is 9.59 Å². The topological polar surface area (TPSA) is 70.6 Å². The van der Waals surface area contributed by atoms with Crippen molar-refractivity contribution in [3.05, 3.63) is 69.7 Å². The molecule has 0 aromatic heterocycles. The molecule has 0 bridgehead atoms. The molecule has 2 amide bonds. The van der Waals surface area contributed by atoms with Crippen LogP contribution in [0.1, 0.15) is 17.0 Å². The van der Waals surface area contributed by atoms with Crippen LogP contribution in [0.2, 0.25) is 10.0 Å². The summed E-state index contributed by atoms with van der Waals surface area (Å²) in [6.45, 7) is 0.418. The van der Waals surface area contributed by atoms with E-state index in [1.807, 2.05) is 30.3 Å². The Morgan fingerprint density at radius 1 is 1.12 bits per heavy atom. The summed E-state index contributed by atoms with van der Waals surface area (Å²) in [6, 6.07) is 14.5. The van der Waals surface area contributed by atoms with E-state index < -0.39 is 11.8 Å². The summed E-state index contributed by atoms with van der Waals surface area (Å²) in [5.41, 5.74) is 3.84. The standard InChI is InChI=1S/C18H15Cl2N3O2/c19-14-7-4-8-15(20)13(14)10-22-23-18(25)16-12(9-21-17(16)24)11-5-2-1-3-6-11/h1-8,10,12,16H,9H2,(H,21,24)(H,23,25). The molecule has 1 fully saturated rings. The SMILES string of the molecule is O=C1NCC(c2ccccc2)C1C(=O)NN=Cc1c(Cl)cccc1Cl. The number of hydrogen-bond acceptors (Lipinski definition) is 3. The highest BCUT2D eigenvalue weighted by molar-refractivity contribution is 6.38. The van der Waals surface area contributed by atoms with E-state index in [4.69, 9.17) is 23.2 Å². The van der Waals surface area contributed by atoms with Gasteiger partial charge in [-0.15, -0.1) is 0 Å². The number of nitrogens with one attached hydrogen (secondary N) is 2. The van der Waals surface area contributed by atoms with E-state index in [1.165, 1.54) is 6.21 Å². The molecular formula is C18H15Cl2N3O2. The van der Waals surface area contributed by atoms with Gasteiger partial charge in [0.05, 0.1) is 16.3 Å². The van der Waals surface area contributed by atoms with Crippen molar-refractivity contribution in [1.82, 2.24) is 10.7 Å². The second-order valence-electron chi connectivity index (χ2n) is 5.61. The van der Waals surface area contributed by atoms with Crippen LogP contribution < -0.4 is 10.7 Å². The van der Waals surface area contributed by atoms with Crippen LogP contribution in [0.15, 0.2) is 53.6 Å². The first-order chi connectivity index (χ1) is 12.1. The first-order valence-corrected chi connectivity index (χ1v) is 8.43. The first kappa shape index (κ1) is 17.5. The average Bonchev–Trinajstić information content (AvgIpc) is 3.00. The van der Waals surface area contributed by atoms with Crippen LogP contribution in [0.25, 0.3) is 0 Å². The Morgan fingerprint density at radius 3 is 2.48 bits per heavy atom. The Hall–Kier alpha value is -2.37. The zero-order valence-electron chi connectivity index (χ0n) is 13.1. The number of carbonyl (C=O) groups is 2. The Morgan fingerprint density at radius 2 is 1.80 bits per heavy atom. The third kappa shape index (κ3) is 3.83. The lowest BCUT2D eigenvalue weighted by Crippen LogP contribution is -2.34. The van der Waals surface area contributed by atoms with Crippen LogP contribution in [0, 0.1) is 5.92 Å². The molecule has 0 saturated carbocycles. The van der Waals surface area contributed by atoms with Crippen molar-refractivity contribution < 1.29 is 9.59 Å². The van der Waals surface area contributed by atoms with E-state index in [1.54, 1.807) is 18.2 Å². The van der Waals surface area contributed by atoms with Gasteiger partial charge in [0.15, 0.2) is 0 Å². The van der Waals surface area contributed by atoms with Gasteiger partial charge < -0.3 is 5.32 Å². The number of hydrazone groups is 1. The molecule has 0 radical (unpaired) electrons. The highest BCUT2D eigenvalue weighted by Crippen LogP contribution is 2.29. The summed E-state index contributed by atoms with van der Waals surface area (Å²) in [5, 5.41) is 7.47. The fourth-order valence-electron chi connectivity index (χ4n) is 2.80. The molecule has 5 nitrogen and oxygen atoms in total. The molecule has 1 aliphatic heterocycles. The molecule has 25 heavy (non-hydrogen) atoms. The molecular weight excluding hydrogens is 361 g/mol. The number of amides is 2. The highest BCUT2D eigenvalue weighted by Gasteiger charge is 2.40. The maximum absolute atomic E-state index is 12.4. The predicted molar refractivity (Wildman–Crippen MR) is 97.9 cm³/mol. The van der Waals surface area contributed by atoms with E-state index in [0.29, 0.717) is 22.2 Å². The monoisotopic (exact) mass is 375 g/mol. The number of nitrogens with zero attached hydrogens (tertiary/aromatic N) is 1. The third-order valence-corrected chi connectivity index (χ3v) is 4.72. The van der Waals surface area contributed by atoms with Crippen LogP contribution >= 0.6 is 23.2 Å². The zero-order chi connectivity index (χ0) is 17.8. The number of rotatable bonds is 4. The van der Waals surface area contributed by atoms with Crippen molar-refractivity contribution in [3.63, 3.8) is 0 Å². The van der Waals surface area contributed by atoms with Crippen molar-refractivity contribution in [3.8, 4) is 0 Å². The molecule has 2 N–H and O–H groups in total. The van der Waals surface area contributed by atoms with Gasteiger partial charge >= 0.3 is 0 Å². The lowest BCUT2D eigenvalue weighted by atomic mass is 9.88. The van der Waals surface area contributed by atoms with Gasteiger partial charge in [-0.25, -0.2) is 5.43 Å². The van der Waals surface area contributed by atoms with Crippen LogP contribution in [0.5, 0.6) is 0 Å². The Labute approximate surface area is 155 Å². The van der Waals surface area contributed by atoms with Gasteiger partial charge in [0.25, 0.3) is 5.91 Å². The molecule has 2 unspecified atom stereocenters. The van der Waals surface area contributed by atoms with Gasteiger partial charge in [-0.1, -0.05) is 59.6 Å². The second kappa shape index (κ2) is 7.68. The molecule has 1 saturated heterocycles. The van der Waals surface area contributed by atoms with Crippen LogP contribution in [0.4, 0.5) is 0 Å².